The largest absolute Gasteiger partial charge is 0.448 e. The lowest BCUT2D eigenvalue weighted by Gasteiger charge is -2.49. The number of nitrogen functional groups attached to an aromatic ring is 1. The number of esters is 1. The maximum Gasteiger partial charge on any atom is 0.356 e. The molecule has 4 N–H and O–H groups in total. The highest BCUT2D eigenvalue weighted by molar-refractivity contribution is 8.00. The molecular weight excluding hydrogens is 538 g/mol. The number of ether oxygens (including phenoxy) is 1. The Hall–Kier alpha value is -4.42. The number of amides is 2. The van der Waals surface area contributed by atoms with Crippen molar-refractivity contribution >= 4 is 51.7 Å². The number of thioether (sulfide) groups is 1. The Morgan fingerprint density at radius 1 is 1.18 bits per heavy atom. The molecule has 2 aromatic carbocycles. The Morgan fingerprint density at radius 3 is 2.36 bits per heavy atom. The highest BCUT2D eigenvalue weighted by atomic mass is 32.2. The minimum Gasteiger partial charge on any atom is -0.448 e. The fraction of sp³-hybridized carbons (Fsp3) is 0.148. The first-order chi connectivity index (χ1) is 18.9. The molecule has 5 rings (SSSR count). The number of oxime groups is 1. The van der Waals surface area contributed by atoms with Crippen LogP contribution in [-0.4, -0.2) is 55.8 Å². The van der Waals surface area contributed by atoms with E-state index in [1.165, 1.54) is 28.1 Å². The molecule has 1 unspecified atom stereocenters. The molecule has 1 fully saturated rings. The lowest BCUT2D eigenvalue weighted by atomic mass is 10.0. The third-order valence-electron chi connectivity index (χ3n) is 6.23. The number of nitrogens with two attached hydrogens (primary N) is 1. The number of allylic oxidation sites excluding steroid dienone is 1. The normalized spacial score (nSPS) is 18.8. The van der Waals surface area contributed by atoms with Crippen LogP contribution in [-0.2, 0) is 19.1 Å². The van der Waals surface area contributed by atoms with Gasteiger partial charge in [-0.25, -0.2) is 9.78 Å². The second-order valence-corrected chi connectivity index (χ2v) is 10.6. The number of carbonyl (C=O) groups excluding carboxylic acids is 3. The molecule has 0 bridgehead atoms. The van der Waals surface area contributed by atoms with Crippen molar-refractivity contribution in [3.05, 3.63) is 107 Å². The van der Waals surface area contributed by atoms with Gasteiger partial charge in [-0.3, -0.25) is 14.5 Å². The first-order valence-electron chi connectivity index (χ1n) is 11.8. The zero-order chi connectivity index (χ0) is 27.5. The molecule has 39 heavy (non-hydrogen) atoms. The molecule has 0 spiro atoms. The van der Waals surface area contributed by atoms with E-state index in [0.29, 0.717) is 11.3 Å². The lowest BCUT2D eigenvalue weighted by molar-refractivity contribution is -0.154. The van der Waals surface area contributed by atoms with Gasteiger partial charge in [-0.2, -0.15) is 0 Å². The number of β-lactam (4-membered cyclic amide) rings is 1. The molecule has 3 heterocycles. The number of hydrogen-bond donors (Lipinski definition) is 3. The molecule has 1 aromatic heterocycles. The summed E-state index contributed by atoms with van der Waals surface area (Å²) >= 11 is 2.45. The van der Waals surface area contributed by atoms with Crippen molar-refractivity contribution in [1.29, 1.82) is 0 Å². The van der Waals surface area contributed by atoms with E-state index in [-0.39, 0.29) is 22.2 Å². The van der Waals surface area contributed by atoms with Crippen LogP contribution in [0, 0.1) is 0 Å². The van der Waals surface area contributed by atoms with Gasteiger partial charge in [0.1, 0.15) is 22.8 Å². The number of benzene rings is 2. The predicted octanol–water partition coefficient (Wildman–Crippen LogP) is 3.08. The predicted molar refractivity (Wildman–Crippen MR) is 148 cm³/mol. The van der Waals surface area contributed by atoms with Crippen LogP contribution >= 0.6 is 23.1 Å². The maximum absolute atomic E-state index is 13.6. The lowest BCUT2D eigenvalue weighted by Crippen LogP contribution is -2.71. The van der Waals surface area contributed by atoms with Crippen molar-refractivity contribution in [2.75, 3.05) is 11.5 Å². The van der Waals surface area contributed by atoms with Crippen LogP contribution < -0.4 is 11.1 Å². The Morgan fingerprint density at radius 2 is 1.82 bits per heavy atom. The molecule has 198 valence electrons. The highest BCUT2D eigenvalue weighted by Crippen LogP contribution is 2.42. The van der Waals surface area contributed by atoms with Gasteiger partial charge in [0.05, 0.1) is 0 Å². The minimum absolute atomic E-state index is 0.0865. The smallest absolute Gasteiger partial charge is 0.356 e. The summed E-state index contributed by atoms with van der Waals surface area (Å²) in [5.41, 5.74) is 7.52. The quantitative estimate of drug-likeness (QED) is 0.125. The Balaban J connectivity index is 1.37. The van der Waals surface area contributed by atoms with Crippen molar-refractivity contribution < 1.29 is 24.3 Å². The van der Waals surface area contributed by atoms with Crippen molar-refractivity contribution in [2.45, 2.75) is 17.5 Å². The number of carbonyl (C=O) groups is 3. The molecule has 12 heteroatoms. The third-order valence-corrected chi connectivity index (χ3v) is 8.21. The van der Waals surface area contributed by atoms with E-state index in [1.807, 2.05) is 60.7 Å². The Labute approximate surface area is 231 Å². The zero-order valence-electron chi connectivity index (χ0n) is 20.4. The summed E-state index contributed by atoms with van der Waals surface area (Å²) in [7, 11) is 0. The van der Waals surface area contributed by atoms with E-state index in [2.05, 4.69) is 22.0 Å². The van der Waals surface area contributed by atoms with E-state index >= 15 is 0 Å². The van der Waals surface area contributed by atoms with Crippen LogP contribution in [0.5, 0.6) is 0 Å². The van der Waals surface area contributed by atoms with Crippen LogP contribution in [0.4, 0.5) is 5.13 Å². The summed E-state index contributed by atoms with van der Waals surface area (Å²) in [5, 5.41) is 16.1. The fourth-order valence-corrected chi connectivity index (χ4v) is 6.24. The molecule has 2 aliphatic heterocycles. The molecule has 0 radical (unpaired) electrons. The highest BCUT2D eigenvalue weighted by Gasteiger charge is 2.54. The third kappa shape index (κ3) is 5.03. The van der Waals surface area contributed by atoms with Crippen molar-refractivity contribution in [2.24, 2.45) is 5.16 Å². The van der Waals surface area contributed by atoms with Gasteiger partial charge in [-0.05, 0) is 16.7 Å². The van der Waals surface area contributed by atoms with E-state index < -0.39 is 35.3 Å². The summed E-state index contributed by atoms with van der Waals surface area (Å²) in [6.45, 7) is 3.81. The molecule has 3 aromatic rings. The van der Waals surface area contributed by atoms with Gasteiger partial charge in [0, 0.05) is 11.1 Å². The molecule has 0 aliphatic carbocycles. The van der Waals surface area contributed by atoms with E-state index in [9.17, 15) is 19.6 Å². The van der Waals surface area contributed by atoms with Crippen LogP contribution in [0.1, 0.15) is 22.9 Å². The number of nitrogens with zero attached hydrogens (tertiary/aromatic N) is 3. The molecule has 1 saturated heterocycles. The number of nitrogens with one attached hydrogen (secondary N) is 1. The standard InChI is InChI=1S/C27H23N5O5S2/c1-2-15-13-38-25-20(30-23(33)19(31-36)18-14-39-27(28)29-18)24(34)32(25)21(15)26(35)37-22(16-9-5-3-6-10-16)17-11-7-4-8-12-17/h2-12,14,20,22,25,36H,1,13H2,(H2,28,29)(H,30,33)/t20?,25-/m1/s1. The van der Waals surface area contributed by atoms with Gasteiger partial charge < -0.3 is 21.0 Å². The van der Waals surface area contributed by atoms with E-state index in [4.69, 9.17) is 10.5 Å². The van der Waals surface area contributed by atoms with Crippen LogP contribution in [0.15, 0.2) is 95.1 Å². The Kier molecular flexibility index (Phi) is 7.48. The van der Waals surface area contributed by atoms with Crippen molar-refractivity contribution in [3.63, 3.8) is 0 Å². The summed E-state index contributed by atoms with van der Waals surface area (Å²) in [4.78, 5) is 45.0. The summed E-state index contributed by atoms with van der Waals surface area (Å²) < 4.78 is 6.02. The van der Waals surface area contributed by atoms with Gasteiger partial charge in [0.15, 0.2) is 16.9 Å². The fourth-order valence-electron chi connectivity index (χ4n) is 4.35. The minimum atomic E-state index is -0.955. The number of anilines is 1. The van der Waals surface area contributed by atoms with Crippen molar-refractivity contribution in [3.8, 4) is 0 Å². The van der Waals surface area contributed by atoms with Gasteiger partial charge in [0.2, 0.25) is 0 Å². The molecule has 0 saturated carbocycles. The number of rotatable bonds is 8. The first-order valence-corrected chi connectivity index (χ1v) is 13.7. The van der Waals surface area contributed by atoms with Gasteiger partial charge >= 0.3 is 5.97 Å². The summed E-state index contributed by atoms with van der Waals surface area (Å²) in [6, 6.07) is 17.7. The molecule has 2 atom stereocenters. The average molecular weight is 562 g/mol. The SMILES string of the molecule is C=CC1=C(C(=O)OC(c2ccccc2)c2ccccc2)N2C(=O)C(NC(=O)C(=NO)c3csc(N)n3)[C@H]2SC1. The van der Waals surface area contributed by atoms with Crippen LogP contribution in [0.2, 0.25) is 0 Å². The number of fused-ring (bicyclic) bond motifs is 1. The van der Waals surface area contributed by atoms with Crippen LogP contribution in [0.25, 0.3) is 0 Å². The topological polar surface area (TPSA) is 147 Å². The number of hydrogen-bond acceptors (Lipinski definition) is 10. The maximum atomic E-state index is 13.6. The van der Waals surface area contributed by atoms with Crippen LogP contribution in [0.3, 0.4) is 0 Å². The second kappa shape index (κ2) is 11.1. The zero-order valence-corrected chi connectivity index (χ0v) is 22.0. The Bertz CT molecular complexity index is 1450. The van der Waals surface area contributed by atoms with E-state index in [0.717, 1.165) is 22.5 Å². The van der Waals surface area contributed by atoms with Gasteiger partial charge in [-0.1, -0.05) is 78.5 Å². The van der Waals surface area contributed by atoms with Gasteiger partial charge in [-0.15, -0.1) is 23.1 Å². The van der Waals surface area contributed by atoms with Gasteiger partial charge in [0.25, 0.3) is 11.8 Å². The number of thiazole rings is 1. The average Bonchev–Trinajstić information content (AvgIpc) is 3.40. The summed E-state index contributed by atoms with van der Waals surface area (Å²) in [6.07, 6.45) is 0.828. The number of aromatic nitrogens is 1. The first kappa shape index (κ1) is 26.2. The van der Waals surface area contributed by atoms with Crippen molar-refractivity contribution in [1.82, 2.24) is 15.2 Å². The molecule has 10 nitrogen and oxygen atoms in total. The molecule has 2 amide bonds. The monoisotopic (exact) mass is 561 g/mol. The summed E-state index contributed by atoms with van der Waals surface area (Å²) in [5.74, 6) is -1.60. The molecule has 2 aliphatic rings. The molecular formula is C27H23N5O5S2. The second-order valence-electron chi connectivity index (χ2n) is 8.57. The van der Waals surface area contributed by atoms with E-state index in [1.54, 1.807) is 0 Å².